The van der Waals surface area contributed by atoms with Crippen molar-refractivity contribution >= 4 is 34.0 Å². The molecular formula is C16H15N7O2S. The van der Waals surface area contributed by atoms with Gasteiger partial charge in [0.1, 0.15) is 12.9 Å². The number of thiazole rings is 1. The maximum atomic E-state index is 12.1. The van der Waals surface area contributed by atoms with Crippen molar-refractivity contribution < 1.29 is 9.59 Å². The zero-order chi connectivity index (χ0) is 18.1. The van der Waals surface area contributed by atoms with Crippen LogP contribution in [0.25, 0.3) is 11.3 Å². The predicted octanol–water partition coefficient (Wildman–Crippen LogP) is 1.63. The van der Waals surface area contributed by atoms with Crippen LogP contribution in [0.2, 0.25) is 0 Å². The Balaban J connectivity index is 1.53. The summed E-state index contributed by atoms with van der Waals surface area (Å²) in [4.78, 5) is 29.1. The number of carbonyl (C=O) groups excluding carboxylic acids is 2. The summed E-state index contributed by atoms with van der Waals surface area (Å²) < 4.78 is 1.34. The van der Waals surface area contributed by atoms with Gasteiger partial charge in [-0.25, -0.2) is 9.67 Å². The highest BCUT2D eigenvalue weighted by Gasteiger charge is 2.18. The van der Waals surface area contributed by atoms with E-state index in [-0.39, 0.29) is 18.4 Å². The number of aromatic nitrogens is 5. The van der Waals surface area contributed by atoms with Crippen LogP contribution in [-0.2, 0) is 22.6 Å². The molecule has 2 aromatic heterocycles. The molecule has 9 nitrogen and oxygen atoms in total. The Morgan fingerprint density at radius 2 is 2.27 bits per heavy atom. The maximum Gasteiger partial charge on any atom is 0.248 e. The van der Waals surface area contributed by atoms with Gasteiger partial charge in [0, 0.05) is 22.5 Å². The first kappa shape index (κ1) is 16.3. The number of nitrogens with zero attached hydrogens (tertiary/aromatic N) is 5. The third-order valence-corrected chi connectivity index (χ3v) is 4.90. The molecule has 132 valence electrons. The van der Waals surface area contributed by atoms with Gasteiger partial charge in [-0.1, -0.05) is 6.07 Å². The van der Waals surface area contributed by atoms with E-state index >= 15 is 0 Å². The molecule has 4 rings (SSSR count). The van der Waals surface area contributed by atoms with Gasteiger partial charge in [0.15, 0.2) is 5.13 Å². The van der Waals surface area contributed by atoms with E-state index < -0.39 is 0 Å². The predicted molar refractivity (Wildman–Crippen MR) is 95.7 cm³/mol. The highest BCUT2D eigenvalue weighted by molar-refractivity contribution is 7.16. The van der Waals surface area contributed by atoms with E-state index in [2.05, 4.69) is 31.1 Å². The topological polar surface area (TPSA) is 115 Å². The summed E-state index contributed by atoms with van der Waals surface area (Å²) in [6.07, 6.45) is 2.59. The number of aryl methyl sites for hydroxylation is 2. The normalized spacial score (nSPS) is 13.2. The maximum absolute atomic E-state index is 12.1. The van der Waals surface area contributed by atoms with Crippen LogP contribution in [0.3, 0.4) is 0 Å². The molecule has 0 saturated heterocycles. The number of amides is 2. The molecule has 10 heteroatoms. The summed E-state index contributed by atoms with van der Waals surface area (Å²) in [5.41, 5.74) is 3.74. The van der Waals surface area contributed by atoms with Gasteiger partial charge in [-0.15, -0.1) is 16.4 Å². The van der Waals surface area contributed by atoms with Crippen molar-refractivity contribution in [1.29, 1.82) is 0 Å². The second kappa shape index (κ2) is 6.64. The quantitative estimate of drug-likeness (QED) is 0.722. The van der Waals surface area contributed by atoms with Gasteiger partial charge in [-0.3, -0.25) is 9.59 Å². The molecule has 3 heterocycles. The monoisotopic (exact) mass is 369 g/mol. The van der Waals surface area contributed by atoms with Crippen molar-refractivity contribution in [2.24, 2.45) is 0 Å². The SMILES string of the molecule is Cc1sc(NC(=O)Cn2cnnn2)nc1-c1ccc2c(c1)CCC(=O)N2. The van der Waals surface area contributed by atoms with Crippen LogP contribution in [0, 0.1) is 6.92 Å². The lowest BCUT2D eigenvalue weighted by atomic mass is 9.99. The largest absolute Gasteiger partial charge is 0.326 e. The molecule has 0 radical (unpaired) electrons. The zero-order valence-electron chi connectivity index (χ0n) is 13.9. The van der Waals surface area contributed by atoms with Gasteiger partial charge in [-0.05, 0) is 41.5 Å². The number of hydrogen-bond acceptors (Lipinski definition) is 7. The minimum absolute atomic E-state index is 0.0273. The lowest BCUT2D eigenvalue weighted by Gasteiger charge is -2.17. The van der Waals surface area contributed by atoms with E-state index in [1.165, 1.54) is 22.3 Å². The van der Waals surface area contributed by atoms with Crippen LogP contribution in [0.15, 0.2) is 24.5 Å². The second-order valence-electron chi connectivity index (χ2n) is 5.90. The lowest BCUT2D eigenvalue weighted by Crippen LogP contribution is -2.19. The van der Waals surface area contributed by atoms with Crippen LogP contribution < -0.4 is 10.6 Å². The number of carbonyl (C=O) groups is 2. The summed E-state index contributed by atoms with van der Waals surface area (Å²) in [5.74, 6) is -0.201. The molecule has 1 aromatic carbocycles. The van der Waals surface area contributed by atoms with Crippen molar-refractivity contribution in [3.05, 3.63) is 35.0 Å². The summed E-state index contributed by atoms with van der Waals surface area (Å²) in [7, 11) is 0. The fourth-order valence-electron chi connectivity index (χ4n) is 2.81. The van der Waals surface area contributed by atoms with E-state index in [0.29, 0.717) is 18.0 Å². The highest BCUT2D eigenvalue weighted by atomic mass is 32.1. The van der Waals surface area contributed by atoms with Crippen LogP contribution in [0.4, 0.5) is 10.8 Å². The van der Waals surface area contributed by atoms with Crippen LogP contribution in [-0.4, -0.2) is 37.0 Å². The molecule has 0 bridgehead atoms. The Morgan fingerprint density at radius 3 is 3.08 bits per heavy atom. The number of fused-ring (bicyclic) bond motifs is 1. The molecule has 2 amide bonds. The lowest BCUT2D eigenvalue weighted by molar-refractivity contribution is -0.117. The fourth-order valence-corrected chi connectivity index (χ4v) is 3.66. The number of nitrogens with one attached hydrogen (secondary N) is 2. The molecule has 0 atom stereocenters. The zero-order valence-corrected chi connectivity index (χ0v) is 14.7. The van der Waals surface area contributed by atoms with Crippen molar-refractivity contribution in [2.75, 3.05) is 10.6 Å². The third kappa shape index (κ3) is 3.31. The van der Waals surface area contributed by atoms with E-state index in [1.807, 2.05) is 25.1 Å². The Morgan fingerprint density at radius 1 is 1.38 bits per heavy atom. The van der Waals surface area contributed by atoms with Crippen molar-refractivity contribution in [3.63, 3.8) is 0 Å². The van der Waals surface area contributed by atoms with E-state index in [0.717, 1.165) is 27.4 Å². The Labute approximate surface area is 152 Å². The van der Waals surface area contributed by atoms with Crippen LogP contribution >= 0.6 is 11.3 Å². The van der Waals surface area contributed by atoms with Crippen molar-refractivity contribution in [3.8, 4) is 11.3 Å². The molecule has 2 N–H and O–H groups in total. The molecule has 1 aliphatic rings. The smallest absolute Gasteiger partial charge is 0.248 e. The van der Waals surface area contributed by atoms with E-state index in [9.17, 15) is 9.59 Å². The first-order valence-corrected chi connectivity index (χ1v) is 8.81. The second-order valence-corrected chi connectivity index (χ2v) is 7.10. The van der Waals surface area contributed by atoms with Gasteiger partial charge < -0.3 is 10.6 Å². The van der Waals surface area contributed by atoms with Crippen LogP contribution in [0.1, 0.15) is 16.9 Å². The first-order valence-electron chi connectivity index (χ1n) is 8.00. The summed E-state index contributed by atoms with van der Waals surface area (Å²) >= 11 is 1.41. The van der Waals surface area contributed by atoms with E-state index in [1.54, 1.807) is 0 Å². The average Bonchev–Trinajstić information content (AvgIpc) is 3.24. The van der Waals surface area contributed by atoms with Gasteiger partial charge in [-0.2, -0.15) is 0 Å². The fraction of sp³-hybridized carbons (Fsp3) is 0.250. The molecule has 0 saturated carbocycles. The molecular weight excluding hydrogens is 354 g/mol. The number of benzene rings is 1. The average molecular weight is 369 g/mol. The Bertz CT molecular complexity index is 981. The van der Waals surface area contributed by atoms with Gasteiger partial charge in [0.25, 0.3) is 0 Å². The van der Waals surface area contributed by atoms with Crippen molar-refractivity contribution in [1.82, 2.24) is 25.2 Å². The highest BCUT2D eigenvalue weighted by Crippen LogP contribution is 2.33. The molecule has 1 aliphatic heterocycles. The number of hydrogen-bond donors (Lipinski definition) is 2. The molecule has 3 aromatic rings. The minimum Gasteiger partial charge on any atom is -0.326 e. The van der Waals surface area contributed by atoms with E-state index in [4.69, 9.17) is 0 Å². The van der Waals surface area contributed by atoms with Gasteiger partial charge in [0.2, 0.25) is 11.8 Å². The van der Waals surface area contributed by atoms with Crippen LogP contribution in [0.5, 0.6) is 0 Å². The summed E-state index contributed by atoms with van der Waals surface area (Å²) in [5, 5.41) is 16.8. The van der Waals surface area contributed by atoms with Gasteiger partial charge in [0.05, 0.1) is 5.69 Å². The summed E-state index contributed by atoms with van der Waals surface area (Å²) in [6, 6.07) is 5.87. The Hall–Kier alpha value is -3.14. The molecule has 0 unspecified atom stereocenters. The molecule has 0 spiro atoms. The number of tetrazole rings is 1. The number of rotatable bonds is 4. The Kier molecular flexibility index (Phi) is 4.17. The first-order chi connectivity index (χ1) is 12.6. The summed E-state index contributed by atoms with van der Waals surface area (Å²) in [6.45, 7) is 1.99. The number of anilines is 2. The standard InChI is InChI=1S/C16H15N7O2S/c1-9-15(11-2-4-12-10(6-11)3-5-13(24)18-12)20-16(26-9)19-14(25)7-23-8-17-21-22-23/h2,4,6,8H,3,5,7H2,1H3,(H,18,24)(H,19,20,25). The molecule has 0 aliphatic carbocycles. The minimum atomic E-state index is -0.245. The van der Waals surface area contributed by atoms with Crippen molar-refractivity contribution in [2.45, 2.75) is 26.3 Å². The molecule has 26 heavy (non-hydrogen) atoms. The van der Waals surface area contributed by atoms with Gasteiger partial charge >= 0.3 is 0 Å². The molecule has 0 fully saturated rings. The third-order valence-electron chi connectivity index (χ3n) is 4.01.